The predicted octanol–water partition coefficient (Wildman–Crippen LogP) is 4.82. The van der Waals surface area contributed by atoms with Gasteiger partial charge in [0.05, 0.1) is 29.8 Å². The van der Waals surface area contributed by atoms with E-state index in [0.29, 0.717) is 12.4 Å². The van der Waals surface area contributed by atoms with Crippen molar-refractivity contribution in [3.05, 3.63) is 65.5 Å². The normalized spacial score (nSPS) is 17.7. The van der Waals surface area contributed by atoms with Crippen LogP contribution in [0.4, 0.5) is 19.0 Å². The lowest BCUT2D eigenvalue weighted by Crippen LogP contribution is -2.26. The maximum absolute atomic E-state index is 12.9. The molecule has 0 aliphatic carbocycles. The number of nitrogens with one attached hydrogen (secondary N) is 1. The number of hydrogen-bond acceptors (Lipinski definition) is 5. The van der Waals surface area contributed by atoms with Crippen molar-refractivity contribution in [2.24, 2.45) is 0 Å². The maximum Gasteiger partial charge on any atom is 0.416 e. The number of nitrogens with zero attached hydrogens (tertiary/aromatic N) is 3. The van der Waals surface area contributed by atoms with Crippen LogP contribution < -0.4 is 5.32 Å². The highest BCUT2D eigenvalue weighted by atomic mass is 19.4. The molecule has 1 saturated heterocycles. The molecule has 1 fully saturated rings. The summed E-state index contributed by atoms with van der Waals surface area (Å²) in [6.45, 7) is 1.33. The summed E-state index contributed by atoms with van der Waals surface area (Å²) in [6.07, 6.45) is -1.84. The highest BCUT2D eigenvalue weighted by molar-refractivity contribution is 5.91. The van der Waals surface area contributed by atoms with Gasteiger partial charge in [-0.25, -0.2) is 9.97 Å². The first-order valence-corrected chi connectivity index (χ1v) is 9.76. The van der Waals surface area contributed by atoms with Crippen LogP contribution in [0.5, 0.6) is 0 Å². The summed E-state index contributed by atoms with van der Waals surface area (Å²) in [5.41, 5.74) is 1.95. The second-order valence-corrected chi connectivity index (χ2v) is 7.69. The van der Waals surface area contributed by atoms with Gasteiger partial charge < -0.3 is 15.0 Å². The number of para-hydroxylation sites is 1. The van der Waals surface area contributed by atoms with E-state index < -0.39 is 11.7 Å². The van der Waals surface area contributed by atoms with Crippen LogP contribution in [0.15, 0.2) is 48.8 Å². The Morgan fingerprint density at radius 1 is 1.13 bits per heavy atom. The smallest absolute Gasteiger partial charge is 0.373 e. The minimum Gasteiger partial charge on any atom is -0.373 e. The maximum atomic E-state index is 12.9. The SMILES string of the molecule is CN(C)CC(Nc1ncnc2c(C3CCO3)cccc12)c1ccc(C(F)(F)F)cc1. The molecule has 1 aromatic heterocycles. The number of ether oxygens (including phenoxy) is 1. The third-order valence-corrected chi connectivity index (χ3v) is 5.24. The molecule has 0 amide bonds. The van der Waals surface area contributed by atoms with Crippen molar-refractivity contribution in [2.45, 2.75) is 24.7 Å². The van der Waals surface area contributed by atoms with Gasteiger partial charge in [0.15, 0.2) is 0 Å². The molecule has 0 radical (unpaired) electrons. The number of alkyl halides is 3. The molecular formula is C22H23F3N4O. The van der Waals surface area contributed by atoms with Crippen LogP contribution >= 0.6 is 0 Å². The van der Waals surface area contributed by atoms with Crippen LogP contribution in [0.3, 0.4) is 0 Å². The molecule has 2 aromatic carbocycles. The Morgan fingerprint density at radius 3 is 2.47 bits per heavy atom. The van der Waals surface area contributed by atoms with Crippen LogP contribution in [-0.4, -0.2) is 42.1 Å². The van der Waals surface area contributed by atoms with Gasteiger partial charge >= 0.3 is 6.18 Å². The Kier molecular flexibility index (Phi) is 5.62. The monoisotopic (exact) mass is 416 g/mol. The number of hydrogen-bond donors (Lipinski definition) is 1. The van der Waals surface area contributed by atoms with Gasteiger partial charge in [0, 0.05) is 23.9 Å². The van der Waals surface area contributed by atoms with E-state index in [1.807, 2.05) is 37.2 Å². The minimum absolute atomic E-state index is 0.0453. The second kappa shape index (κ2) is 8.20. The Bertz CT molecular complexity index is 1020. The molecule has 0 saturated carbocycles. The van der Waals surface area contributed by atoms with Crippen molar-refractivity contribution in [3.63, 3.8) is 0 Å². The summed E-state index contributed by atoms with van der Waals surface area (Å²) in [7, 11) is 3.84. The molecule has 1 N–H and O–H groups in total. The summed E-state index contributed by atoms with van der Waals surface area (Å²) in [6, 6.07) is 10.9. The molecule has 2 heterocycles. The van der Waals surface area contributed by atoms with E-state index in [2.05, 4.69) is 15.3 Å². The molecular weight excluding hydrogens is 393 g/mol. The Labute approximate surface area is 172 Å². The van der Waals surface area contributed by atoms with E-state index in [9.17, 15) is 13.2 Å². The van der Waals surface area contributed by atoms with Gasteiger partial charge in [-0.3, -0.25) is 0 Å². The van der Waals surface area contributed by atoms with E-state index in [-0.39, 0.29) is 12.1 Å². The largest absolute Gasteiger partial charge is 0.416 e. The Morgan fingerprint density at radius 2 is 1.87 bits per heavy atom. The fourth-order valence-corrected chi connectivity index (χ4v) is 3.64. The van der Waals surface area contributed by atoms with Gasteiger partial charge in [-0.2, -0.15) is 13.2 Å². The summed E-state index contributed by atoms with van der Waals surface area (Å²) in [5.74, 6) is 0.646. The van der Waals surface area contributed by atoms with E-state index in [4.69, 9.17) is 4.74 Å². The van der Waals surface area contributed by atoms with Crippen LogP contribution in [0.2, 0.25) is 0 Å². The quantitative estimate of drug-likeness (QED) is 0.624. The lowest BCUT2D eigenvalue weighted by atomic mass is 9.99. The first kappa shape index (κ1) is 20.6. The number of halogens is 3. The number of likely N-dealkylation sites (N-methyl/N-ethyl adjacent to an activating group) is 1. The third-order valence-electron chi connectivity index (χ3n) is 5.24. The lowest BCUT2D eigenvalue weighted by Gasteiger charge is -2.28. The standard InChI is InChI=1S/C22H23F3N4O/c1-29(2)12-18(14-6-8-15(9-7-14)22(23,24)25)28-21-17-5-3-4-16(19-10-11-30-19)20(17)26-13-27-21/h3-9,13,18-19H,10-12H2,1-2H3,(H,26,27,28). The van der Waals surface area contributed by atoms with Gasteiger partial charge in [-0.15, -0.1) is 0 Å². The Balaban J connectivity index is 1.67. The van der Waals surface area contributed by atoms with Crippen molar-refractivity contribution in [1.82, 2.24) is 14.9 Å². The fourth-order valence-electron chi connectivity index (χ4n) is 3.64. The molecule has 0 spiro atoms. The Hall–Kier alpha value is -2.71. The number of rotatable bonds is 6. The highest BCUT2D eigenvalue weighted by Crippen LogP contribution is 2.35. The van der Waals surface area contributed by atoms with Crippen molar-refractivity contribution < 1.29 is 17.9 Å². The number of aromatic nitrogens is 2. The third kappa shape index (κ3) is 4.24. The zero-order chi connectivity index (χ0) is 21.3. The molecule has 5 nitrogen and oxygen atoms in total. The number of fused-ring (bicyclic) bond motifs is 1. The predicted molar refractivity (Wildman–Crippen MR) is 109 cm³/mol. The van der Waals surface area contributed by atoms with Gasteiger partial charge in [-0.1, -0.05) is 24.3 Å². The van der Waals surface area contributed by atoms with E-state index >= 15 is 0 Å². The molecule has 1 aliphatic rings. The average Bonchev–Trinajstić information content (AvgIpc) is 2.66. The van der Waals surface area contributed by atoms with Crippen molar-refractivity contribution >= 4 is 16.7 Å². The van der Waals surface area contributed by atoms with Gasteiger partial charge in [-0.05, 0) is 37.9 Å². The number of benzene rings is 2. The molecule has 0 bridgehead atoms. The molecule has 30 heavy (non-hydrogen) atoms. The molecule has 3 aromatic rings. The van der Waals surface area contributed by atoms with Crippen molar-refractivity contribution in [2.75, 3.05) is 32.6 Å². The zero-order valence-electron chi connectivity index (χ0n) is 16.8. The minimum atomic E-state index is -4.36. The molecule has 1 aliphatic heterocycles. The second-order valence-electron chi connectivity index (χ2n) is 7.69. The molecule has 158 valence electrons. The highest BCUT2D eigenvalue weighted by Gasteiger charge is 2.30. The summed E-state index contributed by atoms with van der Waals surface area (Å²) in [4.78, 5) is 10.9. The van der Waals surface area contributed by atoms with Gasteiger partial charge in [0.25, 0.3) is 0 Å². The summed E-state index contributed by atoms with van der Waals surface area (Å²) >= 11 is 0. The molecule has 2 atom stereocenters. The first-order valence-electron chi connectivity index (χ1n) is 9.76. The first-order chi connectivity index (χ1) is 14.3. The van der Waals surface area contributed by atoms with Gasteiger partial charge in [0.2, 0.25) is 0 Å². The van der Waals surface area contributed by atoms with Crippen LogP contribution in [0.25, 0.3) is 10.9 Å². The average molecular weight is 416 g/mol. The van der Waals surface area contributed by atoms with Crippen LogP contribution in [0.1, 0.15) is 35.3 Å². The summed E-state index contributed by atoms with van der Waals surface area (Å²) in [5, 5.41) is 4.28. The lowest BCUT2D eigenvalue weighted by molar-refractivity contribution is -0.137. The van der Waals surface area contributed by atoms with Crippen molar-refractivity contribution in [1.29, 1.82) is 0 Å². The molecule has 8 heteroatoms. The fraction of sp³-hybridized carbons (Fsp3) is 0.364. The van der Waals surface area contributed by atoms with Crippen LogP contribution in [-0.2, 0) is 10.9 Å². The molecule has 4 rings (SSSR count). The topological polar surface area (TPSA) is 50.3 Å². The summed E-state index contributed by atoms with van der Waals surface area (Å²) < 4.78 is 44.4. The van der Waals surface area contributed by atoms with E-state index in [1.54, 1.807) is 0 Å². The number of anilines is 1. The van der Waals surface area contributed by atoms with Crippen LogP contribution in [0, 0.1) is 0 Å². The van der Waals surface area contributed by atoms with E-state index in [0.717, 1.165) is 47.2 Å². The zero-order valence-corrected chi connectivity index (χ0v) is 16.8. The van der Waals surface area contributed by atoms with E-state index in [1.165, 1.54) is 18.5 Å². The van der Waals surface area contributed by atoms with Gasteiger partial charge in [0.1, 0.15) is 12.1 Å². The molecule has 2 unspecified atom stereocenters. The van der Waals surface area contributed by atoms with Crippen molar-refractivity contribution in [3.8, 4) is 0 Å².